The third-order valence-corrected chi connectivity index (χ3v) is 8.26. The molecule has 1 fully saturated rings. The molecule has 0 bridgehead atoms. The molecule has 10 nitrogen and oxygen atoms in total. The number of fused-ring (bicyclic) bond motifs is 1. The normalized spacial score (nSPS) is 14.3. The monoisotopic (exact) mass is 600 g/mol. The minimum absolute atomic E-state index is 0.00341. The third-order valence-electron chi connectivity index (χ3n) is 7.24. The second-order valence-electron chi connectivity index (χ2n) is 10.1. The fourth-order valence-electron chi connectivity index (χ4n) is 4.85. The van der Waals surface area contributed by atoms with Gasteiger partial charge in [0.25, 0.3) is 5.91 Å². The molecule has 43 heavy (non-hydrogen) atoms. The zero-order valence-electron chi connectivity index (χ0n) is 23.5. The molecule has 0 radical (unpaired) electrons. The number of nitrogens with one attached hydrogen (secondary N) is 1. The van der Waals surface area contributed by atoms with E-state index in [1.807, 2.05) is 0 Å². The van der Waals surface area contributed by atoms with Gasteiger partial charge >= 0.3 is 0 Å². The van der Waals surface area contributed by atoms with E-state index in [4.69, 9.17) is 9.47 Å². The highest BCUT2D eigenvalue weighted by molar-refractivity contribution is 7.18. The van der Waals surface area contributed by atoms with E-state index in [1.165, 1.54) is 11.3 Å². The molecular weight excluding hydrogens is 568 g/mol. The molecule has 1 aliphatic heterocycles. The van der Waals surface area contributed by atoms with E-state index in [-0.39, 0.29) is 31.3 Å². The Morgan fingerprint density at radius 2 is 1.74 bits per heavy atom. The van der Waals surface area contributed by atoms with Gasteiger partial charge in [-0.15, -0.1) is 11.3 Å². The van der Waals surface area contributed by atoms with Gasteiger partial charge in [-0.05, 0) is 65.2 Å². The maximum atomic E-state index is 13.6. The summed E-state index contributed by atoms with van der Waals surface area (Å²) in [5.74, 6) is -0.0143. The summed E-state index contributed by atoms with van der Waals surface area (Å²) in [5, 5.41) is 32.0. The quantitative estimate of drug-likeness (QED) is 0.223. The molecule has 1 aliphatic rings. The SMILES string of the molecule is N#Cc1ccc(C(Oc2ccc(C(=O)NCCN3CCOCC3)cc2)C(=O)Cc2nc3cc(CO)c(CO)cc3s2)cc1. The molecular formula is C32H32N4O6S. The first-order valence-electron chi connectivity index (χ1n) is 14.0. The van der Waals surface area contributed by atoms with E-state index in [9.17, 15) is 25.1 Å². The number of ketones is 1. The van der Waals surface area contributed by atoms with Gasteiger partial charge in [-0.25, -0.2) is 4.98 Å². The number of carbonyl (C=O) groups is 2. The first-order valence-corrected chi connectivity index (χ1v) is 14.8. The summed E-state index contributed by atoms with van der Waals surface area (Å²) in [7, 11) is 0. The lowest BCUT2D eigenvalue weighted by Crippen LogP contribution is -2.41. The first-order chi connectivity index (χ1) is 21.0. The van der Waals surface area contributed by atoms with Crippen molar-refractivity contribution in [1.29, 1.82) is 5.26 Å². The number of aliphatic hydroxyl groups is 2. The molecule has 1 unspecified atom stereocenters. The van der Waals surface area contributed by atoms with Gasteiger partial charge in [0.05, 0.1) is 54.7 Å². The number of benzene rings is 3. The number of carbonyl (C=O) groups excluding carboxylic acids is 2. The minimum atomic E-state index is -0.978. The van der Waals surface area contributed by atoms with E-state index in [0.29, 0.717) is 63.8 Å². The molecule has 0 saturated carbocycles. The lowest BCUT2D eigenvalue weighted by atomic mass is 10.0. The van der Waals surface area contributed by atoms with E-state index < -0.39 is 6.10 Å². The highest BCUT2D eigenvalue weighted by Crippen LogP contribution is 2.29. The summed E-state index contributed by atoms with van der Waals surface area (Å²) in [6, 6.07) is 18.9. The Morgan fingerprint density at radius 3 is 2.42 bits per heavy atom. The fraction of sp³-hybridized carbons (Fsp3) is 0.312. The molecule has 2 heterocycles. The van der Waals surface area contributed by atoms with Crippen molar-refractivity contribution in [3.05, 3.63) is 93.5 Å². The molecule has 4 aromatic rings. The zero-order valence-corrected chi connectivity index (χ0v) is 24.3. The van der Waals surface area contributed by atoms with Crippen molar-refractivity contribution in [3.63, 3.8) is 0 Å². The molecule has 3 aromatic carbocycles. The smallest absolute Gasteiger partial charge is 0.251 e. The first kappa shape index (κ1) is 30.3. The minimum Gasteiger partial charge on any atom is -0.478 e. The number of Topliss-reactive ketones (excluding diaryl/α,β-unsaturated/α-hetero) is 1. The van der Waals surface area contributed by atoms with Crippen LogP contribution >= 0.6 is 11.3 Å². The number of nitrogens with zero attached hydrogens (tertiary/aromatic N) is 3. The van der Waals surface area contributed by atoms with E-state index in [2.05, 4.69) is 21.3 Å². The number of hydrogen-bond acceptors (Lipinski definition) is 10. The van der Waals surface area contributed by atoms with Crippen LogP contribution < -0.4 is 10.1 Å². The van der Waals surface area contributed by atoms with Crippen molar-refractivity contribution in [2.24, 2.45) is 0 Å². The molecule has 0 aliphatic carbocycles. The van der Waals surface area contributed by atoms with Crippen LogP contribution in [0.2, 0.25) is 0 Å². The highest BCUT2D eigenvalue weighted by Gasteiger charge is 2.25. The van der Waals surface area contributed by atoms with Crippen molar-refractivity contribution in [3.8, 4) is 11.8 Å². The molecule has 3 N–H and O–H groups in total. The van der Waals surface area contributed by atoms with Crippen molar-refractivity contribution in [2.75, 3.05) is 39.4 Å². The maximum Gasteiger partial charge on any atom is 0.251 e. The number of hydrogen-bond donors (Lipinski definition) is 3. The summed E-state index contributed by atoms with van der Waals surface area (Å²) in [6.07, 6.45) is -0.981. The van der Waals surface area contributed by atoms with Gasteiger partial charge < -0.3 is 25.0 Å². The number of aromatic nitrogens is 1. The highest BCUT2D eigenvalue weighted by atomic mass is 32.1. The Kier molecular flexibility index (Phi) is 10.1. The number of morpholine rings is 1. The van der Waals surface area contributed by atoms with Crippen molar-refractivity contribution >= 4 is 33.2 Å². The van der Waals surface area contributed by atoms with Crippen LogP contribution in [0.3, 0.4) is 0 Å². The lowest BCUT2D eigenvalue weighted by molar-refractivity contribution is -0.125. The average Bonchev–Trinajstić information content (AvgIpc) is 3.44. The molecule has 1 atom stereocenters. The van der Waals surface area contributed by atoms with Crippen molar-refractivity contribution < 1.29 is 29.3 Å². The predicted molar refractivity (Wildman–Crippen MR) is 161 cm³/mol. The van der Waals surface area contributed by atoms with E-state index in [1.54, 1.807) is 60.7 Å². The largest absolute Gasteiger partial charge is 0.478 e. The Bertz CT molecular complexity index is 1570. The van der Waals surface area contributed by atoms with Crippen LogP contribution in [-0.4, -0.2) is 71.2 Å². The number of nitriles is 1. The molecule has 11 heteroatoms. The summed E-state index contributed by atoms with van der Waals surface area (Å²) < 4.78 is 12.3. The summed E-state index contributed by atoms with van der Waals surface area (Å²) in [6.45, 7) is 3.98. The van der Waals surface area contributed by atoms with Crippen LogP contribution in [0.4, 0.5) is 0 Å². The van der Waals surface area contributed by atoms with Crippen LogP contribution in [0.25, 0.3) is 10.2 Å². The van der Waals surface area contributed by atoms with Crippen molar-refractivity contribution in [2.45, 2.75) is 25.7 Å². The average molecular weight is 601 g/mol. The van der Waals surface area contributed by atoms with Gasteiger partial charge in [0, 0.05) is 31.7 Å². The second kappa shape index (κ2) is 14.3. The number of ether oxygens (including phenoxy) is 2. The van der Waals surface area contributed by atoms with E-state index in [0.717, 1.165) is 24.3 Å². The van der Waals surface area contributed by atoms with Gasteiger partial charge in [-0.3, -0.25) is 14.5 Å². The summed E-state index contributed by atoms with van der Waals surface area (Å²) in [4.78, 5) is 33.1. The second-order valence-corrected chi connectivity index (χ2v) is 11.2. The number of aliphatic hydroxyl groups excluding tert-OH is 2. The molecule has 1 aromatic heterocycles. The topological polar surface area (TPSA) is 145 Å². The summed E-state index contributed by atoms with van der Waals surface area (Å²) >= 11 is 1.34. The van der Waals surface area contributed by atoms with Crippen molar-refractivity contribution in [1.82, 2.24) is 15.2 Å². The molecule has 1 amide bonds. The van der Waals surface area contributed by atoms with E-state index >= 15 is 0 Å². The standard InChI is InChI=1S/C32H32N4O6S/c33-18-21-1-3-22(4-2-21)31(28(39)17-30-35-27-15-24(19-37)25(20-38)16-29(27)43-30)42-26-7-5-23(6-8-26)32(40)34-9-10-36-11-13-41-14-12-36/h1-8,15-16,31,37-38H,9-14,17,19-20H2,(H,34,40). The fourth-order valence-corrected chi connectivity index (χ4v) is 5.87. The van der Waals surface area contributed by atoms with Crippen LogP contribution in [0.15, 0.2) is 60.7 Å². The molecule has 1 saturated heterocycles. The molecule has 222 valence electrons. The third kappa shape index (κ3) is 7.62. The number of rotatable bonds is 12. The Morgan fingerprint density at radius 1 is 1.05 bits per heavy atom. The number of thiazole rings is 1. The zero-order chi connectivity index (χ0) is 30.2. The Hall–Kier alpha value is -4.18. The maximum absolute atomic E-state index is 13.6. The summed E-state index contributed by atoms with van der Waals surface area (Å²) in [5.41, 5.74) is 3.37. The van der Waals surface area contributed by atoms with Crippen LogP contribution in [-0.2, 0) is 29.2 Å². The van der Waals surface area contributed by atoms with Crippen LogP contribution in [0, 0.1) is 11.3 Å². The molecule has 0 spiro atoms. The van der Waals surface area contributed by atoms with Crippen LogP contribution in [0.1, 0.15) is 43.7 Å². The Labute approximate surface area is 253 Å². The number of amides is 1. The van der Waals surface area contributed by atoms with Gasteiger partial charge in [0.15, 0.2) is 11.9 Å². The molecule has 5 rings (SSSR count). The Balaban J connectivity index is 1.29. The van der Waals surface area contributed by atoms with Gasteiger partial charge in [0.2, 0.25) is 0 Å². The van der Waals surface area contributed by atoms with Gasteiger partial charge in [-0.1, -0.05) is 12.1 Å². The van der Waals surface area contributed by atoms with Crippen LogP contribution in [0.5, 0.6) is 5.75 Å². The lowest BCUT2D eigenvalue weighted by Gasteiger charge is -2.26. The van der Waals surface area contributed by atoms with Gasteiger partial charge in [-0.2, -0.15) is 5.26 Å². The predicted octanol–water partition coefficient (Wildman–Crippen LogP) is 3.15. The van der Waals surface area contributed by atoms with Gasteiger partial charge in [0.1, 0.15) is 10.8 Å².